The molecule has 1 unspecified atom stereocenters. The van der Waals surface area contributed by atoms with Crippen molar-refractivity contribution in [2.45, 2.75) is 31.8 Å². The first-order valence-corrected chi connectivity index (χ1v) is 9.35. The van der Waals surface area contributed by atoms with Crippen LogP contribution in [0.3, 0.4) is 0 Å². The van der Waals surface area contributed by atoms with Crippen molar-refractivity contribution in [2.24, 2.45) is 0 Å². The number of pyridine rings is 1. The lowest BCUT2D eigenvalue weighted by atomic mass is 10.2. The number of hydrogen-bond acceptors (Lipinski definition) is 4. The molecule has 7 heteroatoms. The van der Waals surface area contributed by atoms with E-state index >= 15 is 0 Å². The number of rotatable bonds is 5. The quantitative estimate of drug-likeness (QED) is 0.906. The van der Waals surface area contributed by atoms with Gasteiger partial charge in [-0.1, -0.05) is 0 Å². The van der Waals surface area contributed by atoms with E-state index in [-0.39, 0.29) is 23.7 Å². The molecule has 1 saturated carbocycles. The van der Waals surface area contributed by atoms with Crippen molar-refractivity contribution < 1.29 is 13.2 Å². The lowest BCUT2D eigenvalue weighted by Gasteiger charge is -2.28. The van der Waals surface area contributed by atoms with Crippen LogP contribution in [0.2, 0.25) is 0 Å². The monoisotopic (exact) mass is 321 g/mol. The summed E-state index contributed by atoms with van der Waals surface area (Å²) in [5.41, 5.74) is 1.94. The number of sulfone groups is 1. The lowest BCUT2D eigenvalue weighted by molar-refractivity contribution is 0.0694. The fraction of sp³-hybridized carbons (Fsp3) is 0.467. The molecule has 0 radical (unpaired) electrons. The molecule has 22 heavy (non-hydrogen) atoms. The van der Waals surface area contributed by atoms with E-state index in [1.807, 2.05) is 6.07 Å². The SMILES string of the molecule is CC(CS(C)(=O)=O)N(C(=O)c1c[nH]c2cccnc12)C1CC1. The molecule has 1 aliphatic carbocycles. The first-order chi connectivity index (χ1) is 10.4. The molecule has 1 atom stereocenters. The molecule has 1 amide bonds. The van der Waals surface area contributed by atoms with Gasteiger partial charge in [-0.15, -0.1) is 0 Å². The van der Waals surface area contributed by atoms with Gasteiger partial charge in [0.05, 0.1) is 16.8 Å². The van der Waals surface area contributed by atoms with Gasteiger partial charge in [-0.05, 0) is 31.9 Å². The van der Waals surface area contributed by atoms with E-state index in [2.05, 4.69) is 9.97 Å². The van der Waals surface area contributed by atoms with Crippen LogP contribution in [0.15, 0.2) is 24.5 Å². The van der Waals surface area contributed by atoms with Crippen molar-refractivity contribution in [1.82, 2.24) is 14.9 Å². The van der Waals surface area contributed by atoms with Crippen molar-refractivity contribution in [3.63, 3.8) is 0 Å². The van der Waals surface area contributed by atoms with Crippen LogP contribution < -0.4 is 0 Å². The average Bonchev–Trinajstić information content (AvgIpc) is 3.15. The van der Waals surface area contributed by atoms with Crippen LogP contribution in [0.1, 0.15) is 30.1 Å². The number of carbonyl (C=O) groups is 1. The summed E-state index contributed by atoms with van der Waals surface area (Å²) in [5, 5.41) is 0. The molecule has 0 saturated heterocycles. The normalized spacial score (nSPS) is 16.6. The number of aromatic nitrogens is 2. The largest absolute Gasteiger partial charge is 0.359 e. The Hall–Kier alpha value is -1.89. The molecule has 0 bridgehead atoms. The molecule has 0 spiro atoms. The number of nitrogens with one attached hydrogen (secondary N) is 1. The molecule has 1 N–H and O–H groups in total. The Morgan fingerprint density at radius 2 is 2.23 bits per heavy atom. The first kappa shape index (κ1) is 15.0. The van der Waals surface area contributed by atoms with Crippen molar-refractivity contribution >= 4 is 26.8 Å². The summed E-state index contributed by atoms with van der Waals surface area (Å²) >= 11 is 0. The van der Waals surface area contributed by atoms with Gasteiger partial charge >= 0.3 is 0 Å². The van der Waals surface area contributed by atoms with E-state index in [0.29, 0.717) is 11.1 Å². The van der Waals surface area contributed by atoms with E-state index in [4.69, 9.17) is 0 Å². The summed E-state index contributed by atoms with van der Waals surface area (Å²) in [6.45, 7) is 1.79. The highest BCUT2D eigenvalue weighted by Gasteiger charge is 2.38. The topological polar surface area (TPSA) is 83.1 Å². The second-order valence-corrected chi connectivity index (χ2v) is 8.17. The summed E-state index contributed by atoms with van der Waals surface area (Å²) in [6.07, 6.45) is 6.36. The summed E-state index contributed by atoms with van der Waals surface area (Å²) in [7, 11) is -3.14. The number of nitrogens with zero attached hydrogens (tertiary/aromatic N) is 2. The molecule has 2 aromatic heterocycles. The van der Waals surface area contributed by atoms with Crippen LogP contribution in [0, 0.1) is 0 Å². The molecule has 1 fully saturated rings. The molecule has 6 nitrogen and oxygen atoms in total. The predicted octanol–water partition coefficient (Wildman–Crippen LogP) is 1.60. The maximum atomic E-state index is 12.9. The zero-order valence-electron chi connectivity index (χ0n) is 12.6. The summed E-state index contributed by atoms with van der Waals surface area (Å²) in [4.78, 5) is 21.9. The third-order valence-electron chi connectivity index (χ3n) is 3.86. The Labute approximate surface area is 129 Å². The van der Waals surface area contributed by atoms with Crippen LogP contribution in [0.25, 0.3) is 11.0 Å². The van der Waals surface area contributed by atoms with Crippen LogP contribution >= 0.6 is 0 Å². The molecule has 2 aromatic rings. The van der Waals surface area contributed by atoms with Crippen molar-refractivity contribution in [3.8, 4) is 0 Å². The smallest absolute Gasteiger partial charge is 0.258 e. The minimum absolute atomic E-state index is 0.0228. The maximum Gasteiger partial charge on any atom is 0.258 e. The Morgan fingerprint density at radius 1 is 1.50 bits per heavy atom. The Morgan fingerprint density at radius 3 is 2.86 bits per heavy atom. The highest BCUT2D eigenvalue weighted by molar-refractivity contribution is 7.90. The van der Waals surface area contributed by atoms with E-state index in [1.165, 1.54) is 6.26 Å². The fourth-order valence-electron chi connectivity index (χ4n) is 2.85. The standard InChI is InChI=1S/C15H19N3O3S/c1-10(9-22(2,20)21)18(11-5-6-11)15(19)12-8-17-13-4-3-7-16-14(12)13/h3-4,7-8,10-11,17H,5-6,9H2,1-2H3. The zero-order chi connectivity index (χ0) is 15.9. The van der Waals surface area contributed by atoms with Crippen LogP contribution in [0.4, 0.5) is 0 Å². The number of carbonyl (C=O) groups excluding carboxylic acids is 1. The summed E-state index contributed by atoms with van der Waals surface area (Å²) < 4.78 is 23.1. The molecule has 118 valence electrons. The Kier molecular flexibility index (Phi) is 3.68. The third kappa shape index (κ3) is 2.99. The van der Waals surface area contributed by atoms with Crippen LogP contribution in [0.5, 0.6) is 0 Å². The van der Waals surface area contributed by atoms with Crippen molar-refractivity contribution in [3.05, 3.63) is 30.1 Å². The maximum absolute atomic E-state index is 12.9. The Bertz CT molecular complexity index is 808. The number of amides is 1. The third-order valence-corrected chi connectivity index (χ3v) is 4.95. The predicted molar refractivity (Wildman–Crippen MR) is 84.5 cm³/mol. The average molecular weight is 321 g/mol. The number of hydrogen-bond donors (Lipinski definition) is 1. The molecule has 0 aromatic carbocycles. The molecule has 1 aliphatic rings. The minimum atomic E-state index is -3.14. The van der Waals surface area contributed by atoms with Crippen LogP contribution in [-0.2, 0) is 9.84 Å². The highest BCUT2D eigenvalue weighted by Crippen LogP contribution is 2.31. The second kappa shape index (κ2) is 5.39. The van der Waals surface area contributed by atoms with Gasteiger partial charge in [0, 0.05) is 30.7 Å². The number of aromatic amines is 1. The Balaban J connectivity index is 1.93. The number of fused-ring (bicyclic) bond motifs is 1. The van der Waals surface area contributed by atoms with Gasteiger partial charge in [-0.25, -0.2) is 8.42 Å². The van der Waals surface area contributed by atoms with E-state index < -0.39 is 9.84 Å². The van der Waals surface area contributed by atoms with Gasteiger partial charge < -0.3 is 9.88 Å². The summed E-state index contributed by atoms with van der Waals surface area (Å²) in [6, 6.07) is 3.46. The van der Waals surface area contributed by atoms with Gasteiger partial charge in [0.1, 0.15) is 15.4 Å². The lowest BCUT2D eigenvalue weighted by Crippen LogP contribution is -2.43. The molecule has 2 heterocycles. The molecular weight excluding hydrogens is 302 g/mol. The second-order valence-electron chi connectivity index (χ2n) is 5.99. The van der Waals surface area contributed by atoms with Gasteiger partial charge in [-0.3, -0.25) is 9.78 Å². The van der Waals surface area contributed by atoms with E-state index in [1.54, 1.807) is 30.3 Å². The number of H-pyrrole nitrogens is 1. The molecule has 0 aliphatic heterocycles. The molecule has 3 rings (SSSR count). The van der Waals surface area contributed by atoms with Gasteiger partial charge in [0.2, 0.25) is 0 Å². The zero-order valence-corrected chi connectivity index (χ0v) is 13.4. The first-order valence-electron chi connectivity index (χ1n) is 7.29. The van der Waals surface area contributed by atoms with Gasteiger partial charge in [-0.2, -0.15) is 0 Å². The van der Waals surface area contributed by atoms with Crippen molar-refractivity contribution in [2.75, 3.05) is 12.0 Å². The van der Waals surface area contributed by atoms with Crippen molar-refractivity contribution in [1.29, 1.82) is 0 Å². The van der Waals surface area contributed by atoms with E-state index in [9.17, 15) is 13.2 Å². The van der Waals surface area contributed by atoms with Crippen LogP contribution in [-0.4, -0.2) is 53.3 Å². The van der Waals surface area contributed by atoms with Gasteiger partial charge in [0.25, 0.3) is 5.91 Å². The highest BCUT2D eigenvalue weighted by atomic mass is 32.2. The molecular formula is C15H19N3O3S. The minimum Gasteiger partial charge on any atom is -0.359 e. The fourth-order valence-corrected chi connectivity index (χ4v) is 3.89. The summed E-state index contributed by atoms with van der Waals surface area (Å²) in [5.74, 6) is -0.172. The van der Waals surface area contributed by atoms with Gasteiger partial charge in [0.15, 0.2) is 0 Å². The van der Waals surface area contributed by atoms with E-state index in [0.717, 1.165) is 18.4 Å².